The van der Waals surface area contributed by atoms with E-state index >= 15 is 0 Å². The Morgan fingerprint density at radius 3 is 2.43 bits per heavy atom. The van der Waals surface area contributed by atoms with Gasteiger partial charge in [-0.15, -0.1) is 11.3 Å². The van der Waals surface area contributed by atoms with Crippen molar-refractivity contribution in [2.24, 2.45) is 0 Å². The van der Waals surface area contributed by atoms with Gasteiger partial charge in [-0.3, -0.25) is 4.90 Å². The highest BCUT2D eigenvalue weighted by molar-refractivity contribution is 7.13. The van der Waals surface area contributed by atoms with Crippen molar-refractivity contribution in [2.75, 3.05) is 44.3 Å². The van der Waals surface area contributed by atoms with Gasteiger partial charge < -0.3 is 16.0 Å². The first-order chi connectivity index (χ1) is 18.1. The van der Waals surface area contributed by atoms with Crippen LogP contribution in [0.5, 0.6) is 0 Å². The van der Waals surface area contributed by atoms with Crippen LogP contribution in [0.4, 0.5) is 16.6 Å². The van der Waals surface area contributed by atoms with E-state index in [4.69, 9.17) is 10.8 Å². The Morgan fingerprint density at radius 1 is 1.00 bits per heavy atom. The number of anilines is 3. The molecule has 2 fully saturated rings. The van der Waals surface area contributed by atoms with E-state index in [9.17, 15) is 0 Å². The van der Waals surface area contributed by atoms with Crippen LogP contribution < -0.4 is 11.1 Å². The van der Waals surface area contributed by atoms with E-state index in [1.165, 1.54) is 39.0 Å². The van der Waals surface area contributed by atoms with Crippen molar-refractivity contribution in [1.29, 1.82) is 0 Å². The van der Waals surface area contributed by atoms with Gasteiger partial charge in [-0.1, -0.05) is 19.1 Å². The van der Waals surface area contributed by atoms with Gasteiger partial charge in [0.2, 0.25) is 0 Å². The zero-order valence-corrected chi connectivity index (χ0v) is 22.4. The normalized spacial score (nSPS) is 21.5. The molecule has 1 saturated carbocycles. The molecule has 0 atom stereocenters. The number of fused-ring (bicyclic) bond motifs is 1. The molecule has 3 N–H and O–H groups in total. The average Bonchev–Trinajstić information content (AvgIpc) is 3.55. The second-order valence-corrected chi connectivity index (χ2v) is 11.1. The predicted octanol–water partition coefficient (Wildman–Crippen LogP) is 4.57. The summed E-state index contributed by atoms with van der Waals surface area (Å²) < 4.78 is 2.12. The summed E-state index contributed by atoms with van der Waals surface area (Å²) in [6, 6.07) is 9.30. The highest BCUT2D eigenvalue weighted by atomic mass is 32.1. The number of piperazine rings is 1. The first-order valence-corrected chi connectivity index (χ1v) is 14.2. The molecule has 1 aliphatic heterocycles. The van der Waals surface area contributed by atoms with E-state index in [0.29, 0.717) is 17.9 Å². The fraction of sp³-hybridized carbons (Fsp3) is 0.481. The van der Waals surface area contributed by atoms with Gasteiger partial charge in [0.25, 0.3) is 0 Å². The Balaban J connectivity index is 1.22. The van der Waals surface area contributed by atoms with E-state index in [1.807, 2.05) is 0 Å². The summed E-state index contributed by atoms with van der Waals surface area (Å²) in [5.41, 5.74) is 11.2. The molecule has 194 valence electrons. The molecule has 1 saturated heterocycles. The van der Waals surface area contributed by atoms with E-state index < -0.39 is 0 Å². The van der Waals surface area contributed by atoms with Crippen molar-refractivity contribution in [3.63, 3.8) is 0 Å². The van der Waals surface area contributed by atoms with Crippen LogP contribution in [-0.2, 0) is 6.42 Å². The van der Waals surface area contributed by atoms with Crippen LogP contribution in [0.25, 0.3) is 22.3 Å². The lowest BCUT2D eigenvalue weighted by Crippen LogP contribution is -2.49. The zero-order chi connectivity index (χ0) is 25.4. The molecule has 0 spiro atoms. The van der Waals surface area contributed by atoms with Crippen LogP contribution in [-0.4, -0.2) is 73.8 Å². The SMILES string of the molecule is CCc1csc(Nc2ccc(-c3nn(C4CCC(N5CCN(C)CC5)CC4)c4ncnc(N)c34)cc2)n1. The van der Waals surface area contributed by atoms with Gasteiger partial charge >= 0.3 is 0 Å². The van der Waals surface area contributed by atoms with Crippen LogP contribution in [0.1, 0.15) is 44.3 Å². The number of nitrogens with two attached hydrogens (primary N) is 1. The summed E-state index contributed by atoms with van der Waals surface area (Å²) in [5.74, 6) is 0.481. The first-order valence-electron chi connectivity index (χ1n) is 13.3. The molecular weight excluding hydrogens is 482 g/mol. The average molecular weight is 518 g/mol. The zero-order valence-electron chi connectivity index (χ0n) is 21.6. The molecule has 0 unspecified atom stereocenters. The second kappa shape index (κ2) is 10.4. The Labute approximate surface area is 221 Å². The number of likely N-dealkylation sites (N-methyl/N-ethyl adjacent to an activating group) is 1. The maximum absolute atomic E-state index is 6.38. The molecule has 1 aromatic carbocycles. The molecule has 10 heteroatoms. The number of hydrogen-bond donors (Lipinski definition) is 2. The maximum Gasteiger partial charge on any atom is 0.187 e. The summed E-state index contributed by atoms with van der Waals surface area (Å²) >= 11 is 1.63. The van der Waals surface area contributed by atoms with Crippen LogP contribution >= 0.6 is 11.3 Å². The lowest BCUT2D eigenvalue weighted by Gasteiger charge is -2.41. The fourth-order valence-electron chi connectivity index (χ4n) is 5.67. The summed E-state index contributed by atoms with van der Waals surface area (Å²) in [5, 5.41) is 12.3. The van der Waals surface area contributed by atoms with E-state index in [1.54, 1.807) is 17.7 Å². The smallest absolute Gasteiger partial charge is 0.187 e. The molecule has 4 aromatic rings. The van der Waals surface area contributed by atoms with Gasteiger partial charge in [0.05, 0.1) is 17.1 Å². The monoisotopic (exact) mass is 517 g/mol. The third-order valence-corrected chi connectivity index (χ3v) is 8.71. The minimum Gasteiger partial charge on any atom is -0.383 e. The maximum atomic E-state index is 6.38. The third kappa shape index (κ3) is 4.93. The van der Waals surface area contributed by atoms with E-state index in [0.717, 1.165) is 58.1 Å². The lowest BCUT2D eigenvalue weighted by atomic mass is 9.90. The third-order valence-electron chi connectivity index (χ3n) is 7.91. The summed E-state index contributed by atoms with van der Waals surface area (Å²) in [6.45, 7) is 6.81. The Hall–Kier alpha value is -3.08. The fourth-order valence-corrected chi connectivity index (χ4v) is 6.48. The predicted molar refractivity (Wildman–Crippen MR) is 150 cm³/mol. The van der Waals surface area contributed by atoms with Crippen LogP contribution in [0.15, 0.2) is 36.0 Å². The quantitative estimate of drug-likeness (QED) is 0.384. The first kappa shape index (κ1) is 24.3. The molecule has 4 heterocycles. The standard InChI is InChI=1S/C27H35N9S/c1-3-19-16-37-27(31-19)32-20-6-4-18(5-7-20)24-23-25(28)29-17-30-26(23)36(33-24)22-10-8-21(9-11-22)35-14-12-34(2)13-15-35/h4-7,16-17,21-22H,3,8-15H2,1-2H3,(H,31,32)(H2,28,29,30). The van der Waals surface area contributed by atoms with Crippen molar-refractivity contribution in [2.45, 2.75) is 51.1 Å². The Morgan fingerprint density at radius 2 is 1.73 bits per heavy atom. The molecule has 1 aliphatic carbocycles. The van der Waals surface area contributed by atoms with Gasteiger partial charge in [-0.25, -0.2) is 19.6 Å². The highest BCUT2D eigenvalue weighted by Gasteiger charge is 2.30. The van der Waals surface area contributed by atoms with Gasteiger partial charge in [0.15, 0.2) is 10.8 Å². The number of nitrogens with one attached hydrogen (secondary N) is 1. The number of benzene rings is 1. The summed E-state index contributed by atoms with van der Waals surface area (Å²) in [7, 11) is 2.22. The topological polar surface area (TPSA) is 101 Å². The van der Waals surface area contributed by atoms with Gasteiger partial charge in [-0.05, 0) is 51.3 Å². The van der Waals surface area contributed by atoms with Crippen LogP contribution in [0.3, 0.4) is 0 Å². The molecule has 2 aliphatic rings. The number of rotatable bonds is 6. The molecule has 3 aromatic heterocycles. The van der Waals surface area contributed by atoms with E-state index in [-0.39, 0.29) is 0 Å². The minimum atomic E-state index is 0.327. The van der Waals surface area contributed by atoms with Crippen LogP contribution in [0.2, 0.25) is 0 Å². The second-order valence-electron chi connectivity index (χ2n) is 10.3. The van der Waals surface area contributed by atoms with Crippen molar-refractivity contribution in [3.8, 4) is 11.3 Å². The van der Waals surface area contributed by atoms with Crippen molar-refractivity contribution in [3.05, 3.63) is 41.7 Å². The molecule has 9 nitrogen and oxygen atoms in total. The number of aromatic nitrogens is 5. The number of aryl methyl sites for hydroxylation is 1. The van der Waals surface area contributed by atoms with Gasteiger partial charge in [0, 0.05) is 48.9 Å². The van der Waals surface area contributed by atoms with Crippen molar-refractivity contribution >= 4 is 39.0 Å². The van der Waals surface area contributed by atoms with Gasteiger partial charge in [0.1, 0.15) is 17.8 Å². The Kier molecular flexibility index (Phi) is 6.79. The highest BCUT2D eigenvalue weighted by Crippen LogP contribution is 2.37. The molecule has 0 radical (unpaired) electrons. The lowest BCUT2D eigenvalue weighted by molar-refractivity contribution is 0.0815. The number of nitrogens with zero attached hydrogens (tertiary/aromatic N) is 7. The van der Waals surface area contributed by atoms with Crippen molar-refractivity contribution < 1.29 is 0 Å². The molecule has 37 heavy (non-hydrogen) atoms. The largest absolute Gasteiger partial charge is 0.383 e. The molecule has 0 amide bonds. The molecule has 6 rings (SSSR count). The summed E-state index contributed by atoms with van der Waals surface area (Å²) in [4.78, 5) is 18.7. The van der Waals surface area contributed by atoms with Crippen molar-refractivity contribution in [1.82, 2.24) is 34.5 Å². The number of thiazole rings is 1. The molecule has 0 bridgehead atoms. The summed E-state index contributed by atoms with van der Waals surface area (Å²) in [6.07, 6.45) is 7.10. The number of hydrogen-bond acceptors (Lipinski definition) is 9. The minimum absolute atomic E-state index is 0.327. The van der Waals surface area contributed by atoms with E-state index in [2.05, 4.69) is 78.4 Å². The molecular formula is C27H35N9S. The van der Waals surface area contributed by atoms with Crippen LogP contribution in [0, 0.1) is 0 Å². The van der Waals surface area contributed by atoms with Gasteiger partial charge in [-0.2, -0.15) is 5.10 Å². The number of nitrogen functional groups attached to an aromatic ring is 1. The Bertz CT molecular complexity index is 1350.